The van der Waals surface area contributed by atoms with E-state index in [-0.39, 0.29) is 52.5 Å². The highest BCUT2D eigenvalue weighted by Gasteiger charge is 2.48. The molecule has 0 bridgehead atoms. The number of esters is 3. The summed E-state index contributed by atoms with van der Waals surface area (Å²) in [7, 11) is -9.94. The highest BCUT2D eigenvalue weighted by atomic mass is 28.4. The normalized spacial score (nSPS) is 13.0. The first-order valence-corrected chi connectivity index (χ1v) is 33.2. The van der Waals surface area contributed by atoms with Gasteiger partial charge in [-0.1, -0.05) is 207 Å². The molecule has 0 saturated carbocycles. The fraction of sp³-hybridized carbons (Fsp3) is 0.318. The van der Waals surface area contributed by atoms with Crippen LogP contribution in [-0.4, -0.2) is 103 Å². The van der Waals surface area contributed by atoms with Gasteiger partial charge in [-0.2, -0.15) is 0 Å². The lowest BCUT2D eigenvalue weighted by molar-refractivity contribution is -0.166. The van der Waals surface area contributed by atoms with Crippen LogP contribution in [0.25, 0.3) is 0 Å². The van der Waals surface area contributed by atoms with Crippen LogP contribution >= 0.6 is 0 Å². The second-order valence-electron chi connectivity index (χ2n) is 20.5. The van der Waals surface area contributed by atoms with Gasteiger partial charge in [0.25, 0.3) is 0 Å². The van der Waals surface area contributed by atoms with Gasteiger partial charge in [0, 0.05) is 19.8 Å². The van der Waals surface area contributed by atoms with E-state index >= 15 is 0 Å². The van der Waals surface area contributed by atoms with Crippen molar-refractivity contribution < 1.29 is 55.2 Å². The molecule has 0 heterocycles. The Morgan fingerprint density at radius 2 is 0.654 bits per heavy atom. The summed E-state index contributed by atoms with van der Waals surface area (Å²) in [6, 6.07) is 58.9. The van der Waals surface area contributed by atoms with Crippen molar-refractivity contribution in [1.29, 1.82) is 0 Å². The van der Waals surface area contributed by atoms with E-state index in [2.05, 4.69) is 19.7 Å². The predicted molar refractivity (Wildman–Crippen MR) is 327 cm³/mol. The zero-order valence-electron chi connectivity index (χ0n) is 47.5. The van der Waals surface area contributed by atoms with Gasteiger partial charge in [0.15, 0.2) is 0 Å². The fourth-order valence-corrected chi connectivity index (χ4v) is 19.3. The van der Waals surface area contributed by atoms with Gasteiger partial charge < -0.3 is 40.8 Å². The summed E-state index contributed by atoms with van der Waals surface area (Å²) >= 11 is 0. The molecule has 6 rings (SSSR count). The average molecular weight is 1150 g/mol. The van der Waals surface area contributed by atoms with Crippen molar-refractivity contribution in [2.75, 3.05) is 59.5 Å². The molecular weight excluding hydrogens is 1070 g/mol. The minimum atomic E-state index is -3.35. The molecule has 0 saturated heterocycles. The molecule has 0 aromatic heterocycles. The Bertz CT molecular complexity index is 2720. The summed E-state index contributed by atoms with van der Waals surface area (Å²) in [5.74, 6) is -2.54. The van der Waals surface area contributed by atoms with E-state index in [1.165, 1.54) is 0 Å². The standard InChI is InChI=1S/C66H80O12Si3/c1-8-11-44-73-79(56-32-20-14-21-33-56,57-34-22-15-23-35-57)76-50-47-70-62(67)55(4)53-66(7,64(69)72-49-52-78-81(75-46-13-10-3,60-40-28-18-29-41-60)61-42-30-19-31-43-61)54-65(5,6)63(68)71-48-51-77-80(74-45-12-9-2,58-36-24-16-25-37-58)59-38-26-17-27-39-59/h8-10,14-43,55H,1-3,11-13,44-54H2,4-7H3. The van der Waals surface area contributed by atoms with Crippen molar-refractivity contribution in [2.45, 2.75) is 59.8 Å². The lowest BCUT2D eigenvalue weighted by Gasteiger charge is -2.36. The third-order valence-electron chi connectivity index (χ3n) is 13.7. The SMILES string of the molecule is C=CCCO[Si](OCCOC(=O)C(C)CC(C)(CC(C)(C)C(=O)OCCO[Si](OCCC=C)(c1ccccc1)c1ccccc1)C(=O)OCCO[Si](OCCC=C)(c1ccccc1)c1ccccc1)(c1ccccc1)c1ccccc1. The van der Waals surface area contributed by atoms with Crippen LogP contribution in [0.3, 0.4) is 0 Å². The summed E-state index contributed by atoms with van der Waals surface area (Å²) in [6.45, 7) is 19.4. The zero-order valence-corrected chi connectivity index (χ0v) is 50.5. The molecule has 6 aromatic carbocycles. The molecule has 0 radical (unpaired) electrons. The molecule has 6 aromatic rings. The molecule has 0 aliphatic heterocycles. The molecule has 0 aliphatic carbocycles. The third kappa shape index (κ3) is 17.4. The van der Waals surface area contributed by atoms with Gasteiger partial charge in [0.2, 0.25) is 0 Å². The Balaban J connectivity index is 1.20. The number of benzene rings is 6. The summed E-state index contributed by atoms with van der Waals surface area (Å²) < 4.78 is 58.4. The first kappa shape index (κ1) is 63.5. The van der Waals surface area contributed by atoms with Crippen LogP contribution in [-0.2, 0) is 55.2 Å². The van der Waals surface area contributed by atoms with E-state index in [1.54, 1.807) is 45.9 Å². The van der Waals surface area contributed by atoms with Crippen LogP contribution in [0.4, 0.5) is 0 Å². The van der Waals surface area contributed by atoms with Gasteiger partial charge in [-0.15, -0.1) is 19.7 Å². The van der Waals surface area contributed by atoms with E-state index in [9.17, 15) is 14.4 Å². The highest BCUT2D eigenvalue weighted by molar-refractivity contribution is 6.93. The Kier molecular flexibility index (Phi) is 25.2. The number of carbonyl (C=O) groups excluding carboxylic acids is 3. The molecule has 0 fully saturated rings. The number of hydrogen-bond donors (Lipinski definition) is 0. The monoisotopic (exact) mass is 1150 g/mol. The molecule has 0 aliphatic rings. The highest BCUT2D eigenvalue weighted by Crippen LogP contribution is 2.41. The Morgan fingerprint density at radius 1 is 0.395 bits per heavy atom. The van der Waals surface area contributed by atoms with Crippen LogP contribution in [0.15, 0.2) is 220 Å². The summed E-state index contributed by atoms with van der Waals surface area (Å²) in [4.78, 5) is 43.2. The van der Waals surface area contributed by atoms with Gasteiger partial charge in [0.1, 0.15) is 19.8 Å². The number of ether oxygens (including phenoxy) is 3. The maximum atomic E-state index is 14.8. The maximum absolute atomic E-state index is 14.8. The Morgan fingerprint density at radius 3 is 0.938 bits per heavy atom. The maximum Gasteiger partial charge on any atom is 0.407 e. The van der Waals surface area contributed by atoms with Crippen LogP contribution in [0.1, 0.15) is 59.8 Å². The second kappa shape index (κ2) is 32.1. The molecule has 0 amide bonds. The van der Waals surface area contributed by atoms with Crippen LogP contribution < -0.4 is 31.1 Å². The van der Waals surface area contributed by atoms with Gasteiger partial charge in [-0.3, -0.25) is 14.4 Å². The number of hydrogen-bond acceptors (Lipinski definition) is 12. The van der Waals surface area contributed by atoms with E-state index in [0.29, 0.717) is 39.1 Å². The zero-order chi connectivity index (χ0) is 57.9. The summed E-state index contributed by atoms with van der Waals surface area (Å²) in [6.07, 6.45) is 7.17. The van der Waals surface area contributed by atoms with E-state index in [1.807, 2.05) is 182 Å². The van der Waals surface area contributed by atoms with Crippen molar-refractivity contribution in [2.24, 2.45) is 16.7 Å². The number of rotatable bonds is 37. The Labute approximate surface area is 483 Å². The predicted octanol–water partition coefficient (Wildman–Crippen LogP) is 8.66. The van der Waals surface area contributed by atoms with E-state index in [4.69, 9.17) is 40.8 Å². The molecular formula is C66H80O12Si3. The van der Waals surface area contributed by atoms with Gasteiger partial charge in [-0.05, 0) is 84.0 Å². The third-order valence-corrected chi connectivity index (χ3v) is 23.9. The van der Waals surface area contributed by atoms with Crippen molar-refractivity contribution in [3.8, 4) is 0 Å². The smallest absolute Gasteiger partial charge is 0.407 e. The summed E-state index contributed by atoms with van der Waals surface area (Å²) in [5, 5.41) is 5.40. The van der Waals surface area contributed by atoms with Crippen LogP contribution in [0.2, 0.25) is 0 Å². The van der Waals surface area contributed by atoms with Gasteiger partial charge in [-0.25, -0.2) is 0 Å². The van der Waals surface area contributed by atoms with Crippen molar-refractivity contribution >= 4 is 74.7 Å². The Hall–Kier alpha value is -6.64. The van der Waals surface area contributed by atoms with Crippen molar-refractivity contribution in [3.63, 3.8) is 0 Å². The van der Waals surface area contributed by atoms with Gasteiger partial charge >= 0.3 is 43.6 Å². The van der Waals surface area contributed by atoms with Crippen LogP contribution in [0, 0.1) is 16.7 Å². The van der Waals surface area contributed by atoms with E-state index < -0.39 is 60.3 Å². The molecule has 428 valence electrons. The fourth-order valence-electron chi connectivity index (χ4n) is 9.94. The first-order chi connectivity index (χ1) is 39.3. The lowest BCUT2D eigenvalue weighted by atomic mass is 9.70. The van der Waals surface area contributed by atoms with Crippen molar-refractivity contribution in [1.82, 2.24) is 0 Å². The van der Waals surface area contributed by atoms with Gasteiger partial charge in [0.05, 0.1) is 36.6 Å². The summed E-state index contributed by atoms with van der Waals surface area (Å²) in [5.41, 5.74) is -2.67. The minimum Gasteiger partial charge on any atom is -0.463 e. The molecule has 81 heavy (non-hydrogen) atoms. The minimum absolute atomic E-state index is 0.00288. The average Bonchev–Trinajstić information content (AvgIpc) is 3.59. The first-order valence-electron chi connectivity index (χ1n) is 27.8. The topological polar surface area (TPSA) is 134 Å². The molecule has 12 nitrogen and oxygen atoms in total. The molecule has 0 N–H and O–H groups in total. The van der Waals surface area contributed by atoms with Crippen LogP contribution in [0.5, 0.6) is 0 Å². The molecule has 0 spiro atoms. The van der Waals surface area contributed by atoms with Crippen molar-refractivity contribution in [3.05, 3.63) is 220 Å². The lowest BCUT2D eigenvalue weighted by Crippen LogP contribution is -2.63. The quantitative estimate of drug-likeness (QED) is 0.0122. The molecule has 2 atom stereocenters. The number of carbonyl (C=O) groups is 3. The van der Waals surface area contributed by atoms with E-state index in [0.717, 1.165) is 31.1 Å². The largest absolute Gasteiger partial charge is 0.463 e. The second-order valence-corrected chi connectivity index (χ2v) is 29.4. The molecule has 15 heteroatoms. The molecule has 2 unspecified atom stereocenters.